The van der Waals surface area contributed by atoms with Gasteiger partial charge in [0.25, 0.3) is 0 Å². The van der Waals surface area contributed by atoms with Crippen LogP contribution in [0.1, 0.15) is 26.3 Å². The standard InChI is InChI=1S/C15H19N3O/c1-15(2,3)11-9-10(5-6-12(11)19-4)14-17-8-7-13(16)18-14/h5-9H,1-4H3,(H2,16,17,18). The zero-order chi connectivity index (χ0) is 14.0. The predicted molar refractivity (Wildman–Crippen MR) is 77.1 cm³/mol. The number of nitrogen functional groups attached to an aromatic ring is 1. The lowest BCUT2D eigenvalue weighted by atomic mass is 9.85. The van der Waals surface area contributed by atoms with E-state index in [1.54, 1.807) is 19.4 Å². The van der Waals surface area contributed by atoms with Gasteiger partial charge in [-0.1, -0.05) is 20.8 Å². The largest absolute Gasteiger partial charge is 0.496 e. The normalized spacial score (nSPS) is 11.4. The highest BCUT2D eigenvalue weighted by molar-refractivity contribution is 5.61. The van der Waals surface area contributed by atoms with E-state index >= 15 is 0 Å². The van der Waals surface area contributed by atoms with Crippen molar-refractivity contribution < 1.29 is 4.74 Å². The van der Waals surface area contributed by atoms with Gasteiger partial charge in [0, 0.05) is 17.3 Å². The maximum atomic E-state index is 5.70. The molecule has 1 aromatic carbocycles. The summed E-state index contributed by atoms with van der Waals surface area (Å²) in [4.78, 5) is 8.50. The first-order valence-corrected chi connectivity index (χ1v) is 6.19. The van der Waals surface area contributed by atoms with Crippen molar-refractivity contribution in [1.82, 2.24) is 9.97 Å². The van der Waals surface area contributed by atoms with Gasteiger partial charge in [0.2, 0.25) is 0 Å². The fraction of sp³-hybridized carbons (Fsp3) is 0.333. The Balaban J connectivity index is 2.55. The minimum absolute atomic E-state index is 0.0122. The van der Waals surface area contributed by atoms with E-state index in [1.807, 2.05) is 12.1 Å². The molecule has 0 aliphatic carbocycles. The lowest BCUT2D eigenvalue weighted by molar-refractivity contribution is 0.397. The Bertz CT molecular complexity index is 588. The van der Waals surface area contributed by atoms with E-state index in [1.165, 1.54) is 0 Å². The van der Waals surface area contributed by atoms with Crippen LogP contribution in [0.2, 0.25) is 0 Å². The topological polar surface area (TPSA) is 61.0 Å². The van der Waals surface area contributed by atoms with Crippen molar-refractivity contribution >= 4 is 5.82 Å². The van der Waals surface area contributed by atoms with Crippen LogP contribution < -0.4 is 10.5 Å². The van der Waals surface area contributed by atoms with Crippen LogP contribution in [0.5, 0.6) is 5.75 Å². The zero-order valence-corrected chi connectivity index (χ0v) is 11.8. The van der Waals surface area contributed by atoms with E-state index in [2.05, 4.69) is 36.8 Å². The number of nitrogens with zero attached hydrogens (tertiary/aromatic N) is 2. The molecule has 0 saturated carbocycles. The Kier molecular flexibility index (Phi) is 3.42. The molecule has 0 radical (unpaired) electrons. The number of nitrogens with two attached hydrogens (primary N) is 1. The van der Waals surface area contributed by atoms with E-state index < -0.39 is 0 Å². The highest BCUT2D eigenvalue weighted by Crippen LogP contribution is 2.34. The fourth-order valence-corrected chi connectivity index (χ4v) is 1.94. The van der Waals surface area contributed by atoms with Crippen LogP contribution in [0, 0.1) is 0 Å². The molecule has 0 amide bonds. The summed E-state index contributed by atoms with van der Waals surface area (Å²) in [5.74, 6) is 1.98. The number of anilines is 1. The molecule has 0 unspecified atom stereocenters. The summed E-state index contributed by atoms with van der Waals surface area (Å²) in [6.45, 7) is 6.44. The maximum absolute atomic E-state index is 5.70. The third-order valence-corrected chi connectivity index (χ3v) is 2.94. The van der Waals surface area contributed by atoms with Crippen LogP contribution in [0.4, 0.5) is 5.82 Å². The van der Waals surface area contributed by atoms with Gasteiger partial charge < -0.3 is 10.5 Å². The average molecular weight is 257 g/mol. The summed E-state index contributed by atoms with van der Waals surface area (Å²) >= 11 is 0. The van der Waals surface area contributed by atoms with Gasteiger partial charge in [-0.2, -0.15) is 0 Å². The molecule has 4 nitrogen and oxygen atoms in total. The molecule has 0 saturated heterocycles. The van der Waals surface area contributed by atoms with Crippen LogP contribution in [-0.2, 0) is 5.41 Å². The first-order valence-electron chi connectivity index (χ1n) is 6.19. The maximum Gasteiger partial charge on any atom is 0.161 e. The molecule has 0 aliphatic heterocycles. The fourth-order valence-electron chi connectivity index (χ4n) is 1.94. The lowest BCUT2D eigenvalue weighted by Crippen LogP contribution is -2.13. The van der Waals surface area contributed by atoms with E-state index in [0.29, 0.717) is 11.6 Å². The van der Waals surface area contributed by atoms with E-state index in [4.69, 9.17) is 10.5 Å². The van der Waals surface area contributed by atoms with Crippen LogP contribution in [0.3, 0.4) is 0 Å². The molecular weight excluding hydrogens is 238 g/mol. The molecule has 100 valence electrons. The van der Waals surface area contributed by atoms with Crippen molar-refractivity contribution in [3.8, 4) is 17.1 Å². The molecule has 0 aliphatic rings. The van der Waals surface area contributed by atoms with Gasteiger partial charge >= 0.3 is 0 Å². The van der Waals surface area contributed by atoms with Crippen molar-refractivity contribution in [1.29, 1.82) is 0 Å². The number of rotatable bonds is 2. The van der Waals surface area contributed by atoms with Crippen molar-refractivity contribution in [3.05, 3.63) is 36.0 Å². The molecule has 0 spiro atoms. The lowest BCUT2D eigenvalue weighted by Gasteiger charge is -2.22. The molecule has 1 heterocycles. The van der Waals surface area contributed by atoms with Gasteiger partial charge in [-0.15, -0.1) is 0 Å². The molecule has 0 bridgehead atoms. The van der Waals surface area contributed by atoms with Gasteiger partial charge in [-0.05, 0) is 29.7 Å². The van der Waals surface area contributed by atoms with Crippen LogP contribution in [-0.4, -0.2) is 17.1 Å². The summed E-state index contributed by atoms with van der Waals surface area (Å²) in [7, 11) is 1.68. The Morgan fingerprint density at radius 1 is 1.16 bits per heavy atom. The van der Waals surface area contributed by atoms with Crippen LogP contribution >= 0.6 is 0 Å². The molecule has 1 aromatic heterocycles. The number of hydrogen-bond acceptors (Lipinski definition) is 4. The highest BCUT2D eigenvalue weighted by Gasteiger charge is 2.20. The second-order valence-corrected chi connectivity index (χ2v) is 5.47. The van der Waals surface area contributed by atoms with Crippen molar-refractivity contribution in [2.24, 2.45) is 0 Å². The minimum atomic E-state index is -0.0122. The Morgan fingerprint density at radius 2 is 1.89 bits per heavy atom. The molecule has 0 fully saturated rings. The SMILES string of the molecule is COc1ccc(-c2nccc(N)n2)cc1C(C)(C)C. The first kappa shape index (κ1) is 13.3. The zero-order valence-electron chi connectivity index (χ0n) is 11.8. The summed E-state index contributed by atoms with van der Waals surface area (Å²) in [6, 6.07) is 7.64. The Morgan fingerprint density at radius 3 is 2.47 bits per heavy atom. The summed E-state index contributed by atoms with van der Waals surface area (Å²) in [6.07, 6.45) is 1.67. The van der Waals surface area contributed by atoms with Crippen LogP contribution in [0.15, 0.2) is 30.5 Å². The summed E-state index contributed by atoms with van der Waals surface area (Å²) in [5, 5.41) is 0. The summed E-state index contributed by atoms with van der Waals surface area (Å²) in [5.41, 5.74) is 7.75. The number of benzene rings is 1. The van der Waals surface area contributed by atoms with Crippen molar-refractivity contribution in [3.63, 3.8) is 0 Å². The monoisotopic (exact) mass is 257 g/mol. The molecule has 0 atom stereocenters. The number of ether oxygens (including phenoxy) is 1. The van der Waals surface area contributed by atoms with Gasteiger partial charge in [0.15, 0.2) is 5.82 Å². The minimum Gasteiger partial charge on any atom is -0.496 e. The van der Waals surface area contributed by atoms with Crippen molar-refractivity contribution in [2.45, 2.75) is 26.2 Å². The van der Waals surface area contributed by atoms with E-state index in [9.17, 15) is 0 Å². The van der Waals surface area contributed by atoms with Gasteiger partial charge in [0.05, 0.1) is 7.11 Å². The third kappa shape index (κ3) is 2.84. The second kappa shape index (κ2) is 4.88. The second-order valence-electron chi connectivity index (χ2n) is 5.47. The number of aromatic nitrogens is 2. The van der Waals surface area contributed by atoms with Gasteiger partial charge in [-0.3, -0.25) is 0 Å². The Hall–Kier alpha value is -2.10. The number of methoxy groups -OCH3 is 1. The van der Waals surface area contributed by atoms with E-state index in [-0.39, 0.29) is 5.41 Å². The Labute approximate surface area is 113 Å². The highest BCUT2D eigenvalue weighted by atomic mass is 16.5. The first-order chi connectivity index (χ1) is 8.91. The molecular formula is C15H19N3O. The molecule has 2 rings (SSSR count). The molecule has 19 heavy (non-hydrogen) atoms. The molecule has 2 N–H and O–H groups in total. The van der Waals surface area contributed by atoms with E-state index in [0.717, 1.165) is 16.9 Å². The van der Waals surface area contributed by atoms with Gasteiger partial charge in [0.1, 0.15) is 11.6 Å². The smallest absolute Gasteiger partial charge is 0.161 e. The summed E-state index contributed by atoms with van der Waals surface area (Å²) < 4.78 is 5.42. The quantitative estimate of drug-likeness (QED) is 0.898. The third-order valence-electron chi connectivity index (χ3n) is 2.94. The van der Waals surface area contributed by atoms with Gasteiger partial charge in [-0.25, -0.2) is 9.97 Å². The predicted octanol–water partition coefficient (Wildman–Crippen LogP) is 3.03. The number of hydrogen-bond donors (Lipinski definition) is 1. The average Bonchev–Trinajstić information content (AvgIpc) is 2.37. The van der Waals surface area contributed by atoms with Crippen LogP contribution in [0.25, 0.3) is 11.4 Å². The molecule has 2 aromatic rings. The molecule has 4 heteroatoms. The van der Waals surface area contributed by atoms with Crippen molar-refractivity contribution in [2.75, 3.05) is 12.8 Å².